The molecule has 18 heavy (non-hydrogen) atoms. The smallest absolute Gasteiger partial charge is 0.160 e. The summed E-state index contributed by atoms with van der Waals surface area (Å²) >= 11 is -1.27. The minimum atomic E-state index is -1.27. The molecule has 2 aromatic rings. The molecule has 0 saturated carbocycles. The first-order valence-electron chi connectivity index (χ1n) is 5.71. The van der Waals surface area contributed by atoms with Crippen LogP contribution in [0, 0.1) is 0 Å². The molecule has 1 atom stereocenters. The van der Waals surface area contributed by atoms with Crippen molar-refractivity contribution in [1.82, 2.24) is 0 Å². The Bertz CT molecular complexity index is 540. The van der Waals surface area contributed by atoms with Crippen molar-refractivity contribution >= 4 is 16.9 Å². The number of nitrogen functional groups attached to an aromatic ring is 1. The number of anilines is 1. The lowest BCUT2D eigenvalue weighted by molar-refractivity contribution is 0.477. The lowest BCUT2D eigenvalue weighted by Gasteiger charge is -2.11. The van der Waals surface area contributed by atoms with Gasteiger partial charge in [-0.15, -0.1) is 0 Å². The summed E-state index contributed by atoms with van der Waals surface area (Å²) in [7, 11) is 0. The zero-order chi connectivity index (χ0) is 13.1. The zero-order valence-electron chi connectivity index (χ0n) is 10.1. The molecule has 0 heterocycles. The van der Waals surface area contributed by atoms with Gasteiger partial charge in [0, 0.05) is 17.2 Å². The number of phenols is 1. The number of phenolic OH excluding ortho intramolecular Hbond substituents is 1. The van der Waals surface area contributed by atoms with Gasteiger partial charge in [-0.2, -0.15) is 0 Å². The molecule has 4 heteroatoms. The van der Waals surface area contributed by atoms with Gasteiger partial charge in [-0.25, -0.2) is 0 Å². The van der Waals surface area contributed by atoms with Crippen molar-refractivity contribution in [3.05, 3.63) is 48.0 Å². The van der Waals surface area contributed by atoms with E-state index in [1.165, 1.54) is 11.6 Å². The molecule has 0 bridgehead atoms. The van der Waals surface area contributed by atoms with Crippen LogP contribution in [0.25, 0.3) is 0 Å². The van der Waals surface area contributed by atoms with E-state index in [2.05, 4.69) is 6.92 Å². The number of benzene rings is 2. The summed E-state index contributed by atoms with van der Waals surface area (Å²) in [6, 6.07) is 12.3. The van der Waals surface area contributed by atoms with Crippen LogP contribution in [0.15, 0.2) is 52.3 Å². The van der Waals surface area contributed by atoms with Gasteiger partial charge >= 0.3 is 0 Å². The summed E-state index contributed by atoms with van der Waals surface area (Å²) in [6.07, 6.45) is 0.957. The Morgan fingerprint density at radius 3 is 2.28 bits per heavy atom. The second-order valence-corrected chi connectivity index (χ2v) is 5.47. The van der Waals surface area contributed by atoms with E-state index in [4.69, 9.17) is 5.73 Å². The molecule has 0 spiro atoms. The first-order chi connectivity index (χ1) is 8.61. The Kier molecular flexibility index (Phi) is 3.79. The van der Waals surface area contributed by atoms with Crippen LogP contribution in [0.1, 0.15) is 12.5 Å². The average molecular weight is 261 g/mol. The highest BCUT2D eigenvalue weighted by Crippen LogP contribution is 2.27. The minimum absolute atomic E-state index is 0.0112. The Hall–Kier alpha value is -1.65. The van der Waals surface area contributed by atoms with Crippen LogP contribution in [0.2, 0.25) is 0 Å². The maximum atomic E-state index is 12.3. The van der Waals surface area contributed by atoms with Gasteiger partial charge in [-0.05, 0) is 36.2 Å². The van der Waals surface area contributed by atoms with Crippen LogP contribution in [0.3, 0.4) is 0 Å². The van der Waals surface area contributed by atoms with Crippen molar-refractivity contribution in [3.8, 4) is 5.75 Å². The fraction of sp³-hybridized carbons (Fsp3) is 0.143. The molecule has 0 amide bonds. The highest BCUT2D eigenvalue weighted by atomic mass is 32.2. The molecule has 0 aliphatic carbocycles. The van der Waals surface area contributed by atoms with Crippen LogP contribution in [-0.4, -0.2) is 9.66 Å². The van der Waals surface area contributed by atoms with Gasteiger partial charge < -0.3 is 15.4 Å². The first-order valence-corrected chi connectivity index (χ1v) is 6.86. The van der Waals surface area contributed by atoms with Crippen LogP contribution in [0.4, 0.5) is 5.69 Å². The minimum Gasteiger partial charge on any atom is -0.606 e. The third-order valence-electron chi connectivity index (χ3n) is 2.76. The van der Waals surface area contributed by atoms with Gasteiger partial charge in [0.25, 0.3) is 0 Å². The lowest BCUT2D eigenvalue weighted by Crippen LogP contribution is -2.03. The molecule has 3 N–H and O–H groups in total. The van der Waals surface area contributed by atoms with E-state index < -0.39 is 11.2 Å². The van der Waals surface area contributed by atoms with Crippen molar-refractivity contribution < 1.29 is 9.66 Å². The van der Waals surface area contributed by atoms with E-state index in [1.54, 1.807) is 12.1 Å². The number of aryl methyl sites for hydroxylation is 1. The van der Waals surface area contributed by atoms with Crippen LogP contribution >= 0.6 is 0 Å². The summed E-state index contributed by atoms with van der Waals surface area (Å²) in [5, 5.41) is 9.34. The van der Waals surface area contributed by atoms with Crippen molar-refractivity contribution in [2.24, 2.45) is 0 Å². The number of aromatic hydroxyl groups is 1. The number of hydrogen-bond acceptors (Lipinski definition) is 3. The predicted octanol–water partition coefficient (Wildman–Crippen LogP) is 2.70. The third-order valence-corrected chi connectivity index (χ3v) is 4.14. The summed E-state index contributed by atoms with van der Waals surface area (Å²) in [5.41, 5.74) is 7.05. The molecule has 94 valence electrons. The largest absolute Gasteiger partial charge is 0.606 e. The van der Waals surface area contributed by atoms with Crippen LogP contribution in [-0.2, 0) is 17.6 Å². The van der Waals surface area contributed by atoms with Gasteiger partial charge in [-0.3, -0.25) is 0 Å². The monoisotopic (exact) mass is 261 g/mol. The maximum Gasteiger partial charge on any atom is 0.160 e. The molecule has 0 aliphatic rings. The Labute approximate surface area is 109 Å². The SMILES string of the molecule is CCc1ccc([S+]([O-])c2ccc(O)c(N)c2)cc1. The molecule has 0 saturated heterocycles. The van der Waals surface area contributed by atoms with Gasteiger partial charge in [0.2, 0.25) is 0 Å². The summed E-state index contributed by atoms with van der Waals surface area (Å²) in [4.78, 5) is 1.33. The van der Waals surface area contributed by atoms with Gasteiger partial charge in [0.1, 0.15) is 5.75 Å². The highest BCUT2D eigenvalue weighted by Gasteiger charge is 2.15. The van der Waals surface area contributed by atoms with E-state index in [1.807, 2.05) is 24.3 Å². The lowest BCUT2D eigenvalue weighted by atomic mass is 10.2. The standard InChI is InChI=1S/C14H15NO2S/c1-2-10-3-5-11(6-4-10)18(17)12-7-8-14(16)13(15)9-12/h3-9,16H,2,15H2,1H3. The third kappa shape index (κ3) is 2.60. The van der Waals surface area contributed by atoms with Crippen molar-refractivity contribution in [2.75, 3.05) is 5.73 Å². The fourth-order valence-corrected chi connectivity index (χ4v) is 2.71. The summed E-state index contributed by atoms with van der Waals surface area (Å²) in [6.45, 7) is 2.08. The van der Waals surface area contributed by atoms with E-state index in [0.717, 1.165) is 11.3 Å². The molecule has 1 unspecified atom stereocenters. The Balaban J connectivity index is 2.28. The second-order valence-electron chi connectivity index (χ2n) is 3.99. The fourth-order valence-electron chi connectivity index (χ4n) is 1.63. The van der Waals surface area contributed by atoms with E-state index in [0.29, 0.717) is 4.90 Å². The number of nitrogens with two attached hydrogens (primary N) is 1. The van der Waals surface area contributed by atoms with Crippen molar-refractivity contribution in [3.63, 3.8) is 0 Å². The Morgan fingerprint density at radius 2 is 1.72 bits per heavy atom. The molecule has 0 aromatic heterocycles. The first kappa shape index (κ1) is 12.8. The number of rotatable bonds is 3. The highest BCUT2D eigenvalue weighted by molar-refractivity contribution is 7.91. The molecule has 2 aromatic carbocycles. The molecule has 2 rings (SSSR count). The van der Waals surface area contributed by atoms with E-state index in [-0.39, 0.29) is 11.4 Å². The Morgan fingerprint density at radius 1 is 1.11 bits per heavy atom. The number of hydrogen-bond donors (Lipinski definition) is 2. The van der Waals surface area contributed by atoms with Crippen LogP contribution < -0.4 is 5.73 Å². The molecule has 0 aliphatic heterocycles. The maximum absolute atomic E-state index is 12.3. The van der Waals surface area contributed by atoms with E-state index >= 15 is 0 Å². The normalized spacial score (nSPS) is 12.3. The zero-order valence-corrected chi connectivity index (χ0v) is 10.9. The second kappa shape index (κ2) is 5.33. The van der Waals surface area contributed by atoms with Gasteiger partial charge in [0.15, 0.2) is 9.79 Å². The van der Waals surface area contributed by atoms with Crippen molar-refractivity contribution in [2.45, 2.75) is 23.1 Å². The molecule has 3 nitrogen and oxygen atoms in total. The predicted molar refractivity (Wildman–Crippen MR) is 73.0 cm³/mol. The van der Waals surface area contributed by atoms with Gasteiger partial charge in [0.05, 0.1) is 5.69 Å². The molecular formula is C14H15NO2S. The van der Waals surface area contributed by atoms with E-state index in [9.17, 15) is 9.66 Å². The summed E-state index contributed by atoms with van der Waals surface area (Å²) in [5.74, 6) is 0.0112. The molecule has 0 radical (unpaired) electrons. The van der Waals surface area contributed by atoms with Gasteiger partial charge in [-0.1, -0.05) is 19.1 Å². The quantitative estimate of drug-likeness (QED) is 0.507. The average Bonchev–Trinajstić information content (AvgIpc) is 2.41. The van der Waals surface area contributed by atoms with Crippen molar-refractivity contribution in [1.29, 1.82) is 0 Å². The molecule has 0 fully saturated rings. The topological polar surface area (TPSA) is 69.3 Å². The van der Waals surface area contributed by atoms with Crippen LogP contribution in [0.5, 0.6) is 5.75 Å². The summed E-state index contributed by atoms with van der Waals surface area (Å²) < 4.78 is 12.3. The molecular weight excluding hydrogens is 246 g/mol.